The van der Waals surface area contributed by atoms with Crippen molar-refractivity contribution >= 4 is 23.3 Å². The van der Waals surface area contributed by atoms with Gasteiger partial charge in [-0.15, -0.1) is 0 Å². The van der Waals surface area contributed by atoms with Gasteiger partial charge in [0.15, 0.2) is 4.77 Å². The van der Waals surface area contributed by atoms with Gasteiger partial charge in [0.2, 0.25) is 0 Å². The van der Waals surface area contributed by atoms with Crippen molar-refractivity contribution in [1.82, 2.24) is 9.55 Å². The number of benzene rings is 2. The van der Waals surface area contributed by atoms with Gasteiger partial charge in [0, 0.05) is 0 Å². The lowest BCUT2D eigenvalue weighted by molar-refractivity contribution is 0.810. The van der Waals surface area contributed by atoms with Crippen molar-refractivity contribution in [2.24, 2.45) is 0 Å². The molecule has 18 heavy (non-hydrogen) atoms. The number of para-hydroxylation sites is 2. The van der Waals surface area contributed by atoms with E-state index in [0.717, 1.165) is 22.3 Å². The Balaban J connectivity index is 2.07. The minimum absolute atomic E-state index is 0.775. The summed E-state index contributed by atoms with van der Waals surface area (Å²) in [6.45, 7) is 2.91. The lowest BCUT2D eigenvalue weighted by Crippen LogP contribution is -1.99. The molecular weight excluding hydrogens is 240 g/mol. The van der Waals surface area contributed by atoms with E-state index in [9.17, 15) is 0 Å². The van der Waals surface area contributed by atoms with E-state index in [2.05, 4.69) is 52.9 Å². The fraction of sp³-hybridized carbons (Fsp3) is 0.133. The Bertz CT molecular complexity index is 735. The zero-order valence-electron chi connectivity index (χ0n) is 10.2. The average molecular weight is 254 g/mol. The molecule has 0 aliphatic carbocycles. The number of aryl methyl sites for hydroxylation is 1. The third kappa shape index (κ3) is 1.97. The van der Waals surface area contributed by atoms with E-state index in [1.807, 2.05) is 12.1 Å². The largest absolute Gasteiger partial charge is 0.331 e. The standard InChI is InChI=1S/C15H14N2S/c1-11-6-8-12(9-7-11)10-17-14-5-3-2-4-13(14)16-15(17)18/h2-9H,10H2,1H3,(H,16,18). The zero-order chi connectivity index (χ0) is 12.5. The SMILES string of the molecule is Cc1ccc(Cn2c(=S)[nH]c3ccccc32)cc1. The van der Waals surface area contributed by atoms with Crippen LogP contribution in [0, 0.1) is 11.7 Å². The second kappa shape index (κ2) is 4.42. The molecule has 0 saturated carbocycles. The number of nitrogens with one attached hydrogen (secondary N) is 1. The number of aromatic amines is 1. The molecule has 3 aromatic rings. The molecule has 0 atom stereocenters. The van der Waals surface area contributed by atoms with Crippen molar-refractivity contribution in [2.45, 2.75) is 13.5 Å². The van der Waals surface area contributed by atoms with Crippen LogP contribution in [0.3, 0.4) is 0 Å². The molecule has 3 rings (SSSR count). The molecule has 1 N–H and O–H groups in total. The van der Waals surface area contributed by atoms with E-state index in [0.29, 0.717) is 0 Å². The summed E-state index contributed by atoms with van der Waals surface area (Å²) in [6.07, 6.45) is 0. The summed E-state index contributed by atoms with van der Waals surface area (Å²) in [5, 5.41) is 0. The number of imidazole rings is 1. The van der Waals surface area contributed by atoms with Crippen molar-refractivity contribution < 1.29 is 0 Å². The van der Waals surface area contributed by atoms with Crippen LogP contribution in [-0.4, -0.2) is 9.55 Å². The first-order chi connectivity index (χ1) is 8.74. The number of hydrogen-bond donors (Lipinski definition) is 1. The van der Waals surface area contributed by atoms with Crippen molar-refractivity contribution in [3.05, 3.63) is 64.4 Å². The zero-order valence-corrected chi connectivity index (χ0v) is 11.0. The average Bonchev–Trinajstić information content (AvgIpc) is 2.69. The highest BCUT2D eigenvalue weighted by atomic mass is 32.1. The second-order valence-corrected chi connectivity index (χ2v) is 4.91. The van der Waals surface area contributed by atoms with Crippen molar-refractivity contribution in [3.8, 4) is 0 Å². The molecule has 0 aliphatic rings. The molecule has 0 bridgehead atoms. The Labute approximate surface area is 111 Å². The number of aromatic nitrogens is 2. The highest BCUT2D eigenvalue weighted by Gasteiger charge is 2.03. The number of nitrogens with zero attached hydrogens (tertiary/aromatic N) is 1. The summed E-state index contributed by atoms with van der Waals surface area (Å²) >= 11 is 5.39. The molecule has 2 aromatic carbocycles. The maximum atomic E-state index is 5.39. The van der Waals surface area contributed by atoms with Crippen molar-refractivity contribution in [3.63, 3.8) is 0 Å². The molecule has 0 fully saturated rings. The van der Waals surface area contributed by atoms with Crippen LogP contribution in [0.2, 0.25) is 0 Å². The van der Waals surface area contributed by atoms with Gasteiger partial charge in [-0.2, -0.15) is 0 Å². The number of rotatable bonds is 2. The van der Waals surface area contributed by atoms with E-state index in [4.69, 9.17) is 12.2 Å². The van der Waals surface area contributed by atoms with Crippen LogP contribution < -0.4 is 0 Å². The molecule has 0 aliphatic heterocycles. The molecule has 2 nitrogen and oxygen atoms in total. The molecule has 0 unspecified atom stereocenters. The molecule has 1 aromatic heterocycles. The monoisotopic (exact) mass is 254 g/mol. The Morgan fingerprint density at radius 2 is 1.78 bits per heavy atom. The van der Waals surface area contributed by atoms with Crippen LogP contribution in [0.5, 0.6) is 0 Å². The molecule has 0 spiro atoms. The first-order valence-corrected chi connectivity index (χ1v) is 6.38. The van der Waals surface area contributed by atoms with Crippen LogP contribution in [0.1, 0.15) is 11.1 Å². The predicted octanol–water partition coefficient (Wildman–Crippen LogP) is 4.06. The summed E-state index contributed by atoms with van der Waals surface area (Å²) in [5.74, 6) is 0. The van der Waals surface area contributed by atoms with Gasteiger partial charge in [-0.3, -0.25) is 0 Å². The van der Waals surface area contributed by atoms with Crippen LogP contribution in [0.4, 0.5) is 0 Å². The molecule has 0 amide bonds. The summed E-state index contributed by atoms with van der Waals surface area (Å²) in [5.41, 5.74) is 4.79. The summed E-state index contributed by atoms with van der Waals surface area (Å²) in [4.78, 5) is 3.24. The van der Waals surface area contributed by atoms with Crippen LogP contribution in [-0.2, 0) is 6.54 Å². The van der Waals surface area contributed by atoms with Crippen LogP contribution in [0.15, 0.2) is 48.5 Å². The van der Waals surface area contributed by atoms with Gasteiger partial charge in [-0.05, 0) is 36.8 Å². The number of fused-ring (bicyclic) bond motifs is 1. The van der Waals surface area contributed by atoms with Crippen LogP contribution in [0.25, 0.3) is 11.0 Å². The van der Waals surface area contributed by atoms with Gasteiger partial charge < -0.3 is 9.55 Å². The maximum Gasteiger partial charge on any atom is 0.178 e. The quantitative estimate of drug-likeness (QED) is 0.684. The minimum Gasteiger partial charge on any atom is -0.331 e. The summed E-state index contributed by atoms with van der Waals surface area (Å²) in [7, 11) is 0. The van der Waals surface area contributed by atoms with Gasteiger partial charge in [0.05, 0.1) is 17.6 Å². The Morgan fingerprint density at radius 1 is 1.06 bits per heavy atom. The van der Waals surface area contributed by atoms with Gasteiger partial charge in [0.1, 0.15) is 0 Å². The molecular formula is C15H14N2S. The normalized spacial score (nSPS) is 10.9. The molecule has 1 heterocycles. The molecule has 90 valence electrons. The Morgan fingerprint density at radius 3 is 2.56 bits per heavy atom. The summed E-state index contributed by atoms with van der Waals surface area (Å²) in [6, 6.07) is 16.8. The minimum atomic E-state index is 0.775. The fourth-order valence-electron chi connectivity index (χ4n) is 2.14. The predicted molar refractivity (Wildman–Crippen MR) is 77.4 cm³/mol. The highest BCUT2D eigenvalue weighted by Crippen LogP contribution is 2.15. The fourth-order valence-corrected chi connectivity index (χ4v) is 2.41. The lowest BCUT2D eigenvalue weighted by Gasteiger charge is -2.05. The molecule has 3 heteroatoms. The van der Waals surface area contributed by atoms with E-state index < -0.39 is 0 Å². The second-order valence-electron chi connectivity index (χ2n) is 4.52. The Kier molecular flexibility index (Phi) is 2.76. The van der Waals surface area contributed by atoms with Crippen LogP contribution >= 0.6 is 12.2 Å². The third-order valence-corrected chi connectivity index (χ3v) is 3.47. The highest BCUT2D eigenvalue weighted by molar-refractivity contribution is 7.71. The van der Waals surface area contributed by atoms with E-state index >= 15 is 0 Å². The molecule has 0 radical (unpaired) electrons. The molecule has 0 saturated heterocycles. The topological polar surface area (TPSA) is 20.7 Å². The van der Waals surface area contributed by atoms with E-state index in [1.165, 1.54) is 11.1 Å². The lowest BCUT2D eigenvalue weighted by atomic mass is 10.1. The van der Waals surface area contributed by atoms with Gasteiger partial charge in [-0.25, -0.2) is 0 Å². The van der Waals surface area contributed by atoms with Crippen molar-refractivity contribution in [2.75, 3.05) is 0 Å². The number of hydrogen-bond acceptors (Lipinski definition) is 1. The number of H-pyrrole nitrogens is 1. The third-order valence-electron chi connectivity index (χ3n) is 3.14. The van der Waals surface area contributed by atoms with Crippen molar-refractivity contribution in [1.29, 1.82) is 0 Å². The smallest absolute Gasteiger partial charge is 0.178 e. The first-order valence-electron chi connectivity index (χ1n) is 5.97. The first kappa shape index (κ1) is 11.2. The van der Waals surface area contributed by atoms with Gasteiger partial charge in [0.25, 0.3) is 0 Å². The van der Waals surface area contributed by atoms with Gasteiger partial charge in [-0.1, -0.05) is 42.0 Å². The maximum absolute atomic E-state index is 5.39. The van der Waals surface area contributed by atoms with E-state index in [1.54, 1.807) is 0 Å². The van der Waals surface area contributed by atoms with Gasteiger partial charge >= 0.3 is 0 Å². The summed E-state index contributed by atoms with van der Waals surface area (Å²) < 4.78 is 2.91. The van der Waals surface area contributed by atoms with E-state index in [-0.39, 0.29) is 0 Å². The Hall–Kier alpha value is -1.87.